The highest BCUT2D eigenvalue weighted by Gasteiger charge is 2.27. The van der Waals surface area contributed by atoms with E-state index < -0.39 is 0 Å². The Morgan fingerprint density at radius 2 is 2.50 bits per heavy atom. The molecule has 2 rings (SSSR count). The Balaban J connectivity index is 2.33. The molecule has 2 aliphatic rings. The van der Waals surface area contributed by atoms with Crippen LogP contribution in [0.3, 0.4) is 0 Å². The molecule has 0 amide bonds. The van der Waals surface area contributed by atoms with Gasteiger partial charge < -0.3 is 5.73 Å². The van der Waals surface area contributed by atoms with Crippen LogP contribution in [0.2, 0.25) is 0 Å². The van der Waals surface area contributed by atoms with Crippen molar-refractivity contribution in [1.29, 1.82) is 5.26 Å². The Bertz CT molecular complexity index is 312. The molecule has 0 aromatic heterocycles. The van der Waals surface area contributed by atoms with Crippen LogP contribution >= 0.6 is 23.5 Å². The van der Waals surface area contributed by atoms with Crippen LogP contribution in [0, 0.1) is 11.3 Å². The number of allylic oxidation sites excluding steroid dienone is 2. The molecular formula is C8H8N2S2. The minimum absolute atomic E-state index is 0.534. The number of hydrogen-bond donors (Lipinski definition) is 1. The summed E-state index contributed by atoms with van der Waals surface area (Å²) in [4.78, 5) is 0. The summed E-state index contributed by atoms with van der Waals surface area (Å²) < 4.78 is 0. The first-order valence-corrected chi connectivity index (χ1v) is 5.69. The molecule has 2 nitrogen and oxygen atoms in total. The SMILES string of the molecule is N#CC1=C(N)SC2CSCC2=C1. The van der Waals surface area contributed by atoms with Crippen LogP contribution in [-0.4, -0.2) is 16.8 Å². The van der Waals surface area contributed by atoms with Crippen LogP contribution in [0.1, 0.15) is 0 Å². The highest BCUT2D eigenvalue weighted by atomic mass is 32.2. The lowest BCUT2D eigenvalue weighted by Gasteiger charge is -2.16. The summed E-state index contributed by atoms with van der Waals surface area (Å²) in [6.07, 6.45) is 1.95. The van der Waals surface area contributed by atoms with Crippen LogP contribution in [0.4, 0.5) is 0 Å². The van der Waals surface area contributed by atoms with Gasteiger partial charge in [-0.3, -0.25) is 0 Å². The Morgan fingerprint density at radius 3 is 3.25 bits per heavy atom. The molecule has 1 saturated heterocycles. The van der Waals surface area contributed by atoms with Gasteiger partial charge in [-0.1, -0.05) is 11.8 Å². The Hall–Kier alpha value is -0.530. The highest BCUT2D eigenvalue weighted by Crippen LogP contribution is 2.39. The van der Waals surface area contributed by atoms with E-state index in [4.69, 9.17) is 11.0 Å². The number of nitrogens with zero attached hydrogens (tertiary/aromatic N) is 1. The van der Waals surface area contributed by atoms with Gasteiger partial charge in [0.2, 0.25) is 0 Å². The van der Waals surface area contributed by atoms with Crippen LogP contribution in [0.5, 0.6) is 0 Å². The number of hydrogen-bond acceptors (Lipinski definition) is 4. The first-order valence-electron chi connectivity index (χ1n) is 3.66. The van der Waals surface area contributed by atoms with E-state index in [1.165, 1.54) is 5.57 Å². The lowest BCUT2D eigenvalue weighted by molar-refractivity contribution is 1.17. The highest BCUT2D eigenvalue weighted by molar-refractivity contribution is 8.06. The van der Waals surface area contributed by atoms with Crippen LogP contribution in [0.25, 0.3) is 0 Å². The van der Waals surface area contributed by atoms with Gasteiger partial charge in [-0.25, -0.2) is 0 Å². The normalized spacial score (nSPS) is 27.9. The molecule has 0 bridgehead atoms. The topological polar surface area (TPSA) is 49.8 Å². The molecule has 0 radical (unpaired) electrons. The predicted molar refractivity (Wildman–Crippen MR) is 53.6 cm³/mol. The molecule has 0 aromatic rings. The Kier molecular flexibility index (Phi) is 2.07. The lowest BCUT2D eigenvalue weighted by Crippen LogP contribution is -2.13. The van der Waals surface area contributed by atoms with Gasteiger partial charge in [0, 0.05) is 16.8 Å². The van der Waals surface area contributed by atoms with Gasteiger partial charge in [0.25, 0.3) is 0 Å². The second kappa shape index (κ2) is 3.08. The quantitative estimate of drug-likeness (QED) is 0.637. The van der Waals surface area contributed by atoms with E-state index in [0.717, 1.165) is 11.5 Å². The lowest BCUT2D eigenvalue weighted by atomic mass is 10.1. The number of nitrogens with two attached hydrogens (primary N) is 1. The molecule has 0 spiro atoms. The molecule has 62 valence electrons. The molecule has 2 aliphatic heterocycles. The van der Waals surface area contributed by atoms with E-state index in [9.17, 15) is 0 Å². The van der Waals surface area contributed by atoms with E-state index >= 15 is 0 Å². The first-order chi connectivity index (χ1) is 5.81. The summed E-state index contributed by atoms with van der Waals surface area (Å²) in [5, 5.41) is 9.95. The Morgan fingerprint density at radius 1 is 1.67 bits per heavy atom. The van der Waals surface area contributed by atoms with Crippen molar-refractivity contribution in [2.45, 2.75) is 5.25 Å². The van der Waals surface area contributed by atoms with E-state index in [-0.39, 0.29) is 0 Å². The molecule has 2 N–H and O–H groups in total. The third kappa shape index (κ3) is 1.23. The fourth-order valence-electron chi connectivity index (χ4n) is 1.29. The monoisotopic (exact) mass is 196 g/mol. The summed E-state index contributed by atoms with van der Waals surface area (Å²) in [6, 6.07) is 2.11. The Labute approximate surface area is 79.9 Å². The van der Waals surface area contributed by atoms with Gasteiger partial charge in [0.15, 0.2) is 0 Å². The van der Waals surface area contributed by atoms with Gasteiger partial charge >= 0.3 is 0 Å². The van der Waals surface area contributed by atoms with Crippen molar-refractivity contribution >= 4 is 23.5 Å². The zero-order valence-corrected chi connectivity index (χ0v) is 8.04. The summed E-state index contributed by atoms with van der Waals surface area (Å²) in [5.41, 5.74) is 7.73. The van der Waals surface area contributed by atoms with Crippen LogP contribution in [-0.2, 0) is 0 Å². The fraction of sp³-hybridized carbons (Fsp3) is 0.375. The molecule has 1 unspecified atom stereocenters. The van der Waals surface area contributed by atoms with E-state index in [1.54, 1.807) is 11.8 Å². The smallest absolute Gasteiger partial charge is 0.102 e. The number of nitriles is 1. The van der Waals surface area contributed by atoms with E-state index in [0.29, 0.717) is 15.9 Å². The minimum Gasteiger partial charge on any atom is -0.392 e. The molecule has 2 heterocycles. The zero-order valence-electron chi connectivity index (χ0n) is 6.41. The van der Waals surface area contributed by atoms with Crippen LogP contribution < -0.4 is 5.73 Å². The summed E-state index contributed by atoms with van der Waals surface area (Å²) in [7, 11) is 0. The molecule has 1 atom stereocenters. The minimum atomic E-state index is 0.534. The maximum Gasteiger partial charge on any atom is 0.102 e. The molecule has 0 aliphatic carbocycles. The van der Waals surface area contributed by atoms with Crippen molar-refractivity contribution in [3.05, 3.63) is 22.3 Å². The maximum atomic E-state index is 8.73. The molecular weight excluding hydrogens is 188 g/mol. The van der Waals surface area contributed by atoms with Gasteiger partial charge in [0.05, 0.1) is 10.6 Å². The zero-order chi connectivity index (χ0) is 8.55. The van der Waals surface area contributed by atoms with Crippen molar-refractivity contribution in [1.82, 2.24) is 0 Å². The number of thioether (sulfide) groups is 2. The van der Waals surface area contributed by atoms with Gasteiger partial charge in [-0.2, -0.15) is 17.0 Å². The second-order valence-electron chi connectivity index (χ2n) is 2.73. The summed E-state index contributed by atoms with van der Waals surface area (Å²) in [5.74, 6) is 2.20. The summed E-state index contributed by atoms with van der Waals surface area (Å²) >= 11 is 3.55. The third-order valence-electron chi connectivity index (χ3n) is 1.94. The molecule has 0 aromatic carbocycles. The maximum absolute atomic E-state index is 8.73. The van der Waals surface area contributed by atoms with Crippen molar-refractivity contribution in [2.24, 2.45) is 5.73 Å². The van der Waals surface area contributed by atoms with Gasteiger partial charge in [0.1, 0.15) is 6.07 Å². The van der Waals surface area contributed by atoms with E-state index in [1.807, 2.05) is 17.8 Å². The van der Waals surface area contributed by atoms with Crippen molar-refractivity contribution < 1.29 is 0 Å². The van der Waals surface area contributed by atoms with Crippen molar-refractivity contribution in [3.63, 3.8) is 0 Å². The standard InChI is InChI=1S/C8H8N2S2/c9-2-5-1-6-3-11-4-7(6)12-8(5)10/h1,7H,3-4,10H2. The molecule has 4 heteroatoms. The average molecular weight is 196 g/mol. The molecule has 0 saturated carbocycles. The van der Waals surface area contributed by atoms with Crippen LogP contribution in [0.15, 0.2) is 22.3 Å². The van der Waals surface area contributed by atoms with E-state index in [2.05, 4.69) is 6.07 Å². The van der Waals surface area contributed by atoms with Crippen molar-refractivity contribution in [2.75, 3.05) is 11.5 Å². The van der Waals surface area contributed by atoms with Gasteiger partial charge in [-0.15, -0.1) is 0 Å². The third-order valence-corrected chi connectivity index (χ3v) is 4.48. The second-order valence-corrected chi connectivity index (χ2v) is 5.01. The largest absolute Gasteiger partial charge is 0.392 e. The predicted octanol–water partition coefficient (Wildman–Crippen LogP) is 1.47. The van der Waals surface area contributed by atoms with Gasteiger partial charge in [-0.05, 0) is 11.6 Å². The average Bonchev–Trinajstić information content (AvgIpc) is 2.49. The number of rotatable bonds is 0. The fourth-order valence-corrected chi connectivity index (χ4v) is 3.86. The number of fused-ring (bicyclic) bond motifs is 1. The van der Waals surface area contributed by atoms with Crippen molar-refractivity contribution in [3.8, 4) is 6.07 Å². The first kappa shape index (κ1) is 8.09. The molecule has 12 heavy (non-hydrogen) atoms. The molecule has 1 fully saturated rings. The summed E-state index contributed by atoms with van der Waals surface area (Å²) in [6.45, 7) is 0.